The summed E-state index contributed by atoms with van der Waals surface area (Å²) in [5.74, 6) is 1.72. The van der Waals surface area contributed by atoms with Crippen LogP contribution in [0.25, 0.3) is 0 Å². The smallest absolute Gasteiger partial charge is 0.210 e. The minimum atomic E-state index is 0.783. The largest absolute Gasteiger partial charge is 0.497 e. The van der Waals surface area contributed by atoms with Crippen LogP contribution in [0.5, 0.6) is 5.75 Å². The van der Waals surface area contributed by atoms with Gasteiger partial charge in [0.05, 0.1) is 7.11 Å². The molecule has 0 atom stereocenters. The number of ether oxygens (including phenoxy) is 1. The lowest BCUT2D eigenvalue weighted by molar-refractivity contribution is 0.415. The van der Waals surface area contributed by atoms with Gasteiger partial charge in [0.1, 0.15) is 5.75 Å². The first kappa shape index (κ1) is 15.8. The zero-order valence-electron chi connectivity index (χ0n) is 12.9. The predicted molar refractivity (Wildman–Crippen MR) is 96.9 cm³/mol. The molecule has 0 spiro atoms. The minimum Gasteiger partial charge on any atom is -0.497 e. The van der Waals surface area contributed by atoms with Gasteiger partial charge < -0.3 is 10.1 Å². The standard InChI is InChI=1S/C17H17N3OS2/c1-12-6-3-4-7-13(12)11-22-17-20-19-16(23-17)18-14-8-5-9-15(10-14)21-2/h3-10H,11H2,1-2H3,(H,18,19). The van der Waals surface area contributed by atoms with Crippen LogP contribution >= 0.6 is 23.1 Å². The number of nitrogens with one attached hydrogen (secondary N) is 1. The van der Waals surface area contributed by atoms with Crippen LogP contribution in [0.1, 0.15) is 11.1 Å². The van der Waals surface area contributed by atoms with Crippen molar-refractivity contribution in [3.63, 3.8) is 0 Å². The van der Waals surface area contributed by atoms with Gasteiger partial charge in [-0.2, -0.15) is 0 Å². The number of anilines is 2. The van der Waals surface area contributed by atoms with Crippen molar-refractivity contribution in [1.29, 1.82) is 0 Å². The summed E-state index contributed by atoms with van der Waals surface area (Å²) in [4.78, 5) is 0. The molecule has 1 aromatic heterocycles. The van der Waals surface area contributed by atoms with Crippen LogP contribution in [-0.2, 0) is 5.75 Å². The zero-order valence-corrected chi connectivity index (χ0v) is 14.6. The maximum absolute atomic E-state index is 5.22. The molecular weight excluding hydrogens is 326 g/mol. The maximum Gasteiger partial charge on any atom is 0.210 e. The average Bonchev–Trinajstić information content (AvgIpc) is 3.02. The fourth-order valence-electron chi connectivity index (χ4n) is 2.05. The summed E-state index contributed by atoms with van der Waals surface area (Å²) in [5.41, 5.74) is 3.57. The summed E-state index contributed by atoms with van der Waals surface area (Å²) < 4.78 is 6.18. The fraction of sp³-hybridized carbons (Fsp3) is 0.176. The number of methoxy groups -OCH3 is 1. The van der Waals surface area contributed by atoms with E-state index in [-0.39, 0.29) is 0 Å². The highest BCUT2D eigenvalue weighted by Crippen LogP contribution is 2.31. The number of rotatable bonds is 6. The molecule has 0 saturated carbocycles. The van der Waals surface area contributed by atoms with Gasteiger partial charge in [0, 0.05) is 17.5 Å². The van der Waals surface area contributed by atoms with E-state index < -0.39 is 0 Å². The second kappa shape index (κ2) is 7.48. The maximum atomic E-state index is 5.22. The Morgan fingerprint density at radius 2 is 2.00 bits per heavy atom. The van der Waals surface area contributed by atoms with Crippen molar-refractivity contribution in [1.82, 2.24) is 10.2 Å². The highest BCUT2D eigenvalue weighted by Gasteiger charge is 2.07. The molecule has 4 nitrogen and oxygen atoms in total. The number of nitrogens with zero attached hydrogens (tertiary/aromatic N) is 2. The van der Waals surface area contributed by atoms with E-state index in [1.807, 2.05) is 24.3 Å². The van der Waals surface area contributed by atoms with E-state index in [9.17, 15) is 0 Å². The van der Waals surface area contributed by atoms with Gasteiger partial charge in [0.15, 0.2) is 4.34 Å². The quantitative estimate of drug-likeness (QED) is 0.646. The van der Waals surface area contributed by atoms with Crippen molar-refractivity contribution in [3.05, 3.63) is 59.7 Å². The van der Waals surface area contributed by atoms with Crippen molar-refractivity contribution in [2.75, 3.05) is 12.4 Å². The molecule has 0 fully saturated rings. The summed E-state index contributed by atoms with van der Waals surface area (Å²) >= 11 is 3.26. The van der Waals surface area contributed by atoms with Crippen LogP contribution in [0.2, 0.25) is 0 Å². The van der Waals surface area contributed by atoms with Crippen LogP contribution in [0.4, 0.5) is 10.8 Å². The topological polar surface area (TPSA) is 47.0 Å². The van der Waals surface area contributed by atoms with E-state index in [1.54, 1.807) is 30.2 Å². The predicted octanol–water partition coefficient (Wildman–Crippen LogP) is 4.89. The number of benzene rings is 2. The van der Waals surface area contributed by atoms with Crippen molar-refractivity contribution < 1.29 is 4.74 Å². The molecule has 1 heterocycles. The van der Waals surface area contributed by atoms with E-state index in [0.717, 1.165) is 26.7 Å². The van der Waals surface area contributed by atoms with E-state index in [4.69, 9.17) is 4.74 Å². The van der Waals surface area contributed by atoms with Crippen LogP contribution in [-0.4, -0.2) is 17.3 Å². The first-order valence-corrected chi connectivity index (χ1v) is 8.96. The van der Waals surface area contributed by atoms with Gasteiger partial charge >= 0.3 is 0 Å². The number of hydrogen-bond donors (Lipinski definition) is 1. The van der Waals surface area contributed by atoms with Gasteiger partial charge in [-0.05, 0) is 30.2 Å². The second-order valence-corrected chi connectivity index (χ2v) is 7.15. The molecule has 2 aromatic carbocycles. The molecule has 0 bridgehead atoms. The number of aryl methyl sites for hydroxylation is 1. The Morgan fingerprint density at radius 1 is 1.13 bits per heavy atom. The van der Waals surface area contributed by atoms with Crippen LogP contribution in [0.3, 0.4) is 0 Å². The minimum absolute atomic E-state index is 0.783. The van der Waals surface area contributed by atoms with E-state index in [2.05, 4.69) is 46.7 Å². The first-order valence-electron chi connectivity index (χ1n) is 7.16. The number of hydrogen-bond acceptors (Lipinski definition) is 6. The van der Waals surface area contributed by atoms with Crippen LogP contribution < -0.4 is 10.1 Å². The lowest BCUT2D eigenvalue weighted by Gasteiger charge is -2.04. The molecule has 0 aliphatic carbocycles. The van der Waals surface area contributed by atoms with Gasteiger partial charge in [-0.1, -0.05) is 53.4 Å². The van der Waals surface area contributed by atoms with Crippen molar-refractivity contribution in [3.8, 4) is 5.75 Å². The highest BCUT2D eigenvalue weighted by atomic mass is 32.2. The third-order valence-corrected chi connectivity index (χ3v) is 5.36. The molecule has 23 heavy (non-hydrogen) atoms. The van der Waals surface area contributed by atoms with Crippen molar-refractivity contribution in [2.45, 2.75) is 17.0 Å². The molecule has 0 aliphatic heterocycles. The molecule has 0 radical (unpaired) electrons. The lowest BCUT2D eigenvalue weighted by atomic mass is 10.1. The summed E-state index contributed by atoms with van der Waals surface area (Å²) in [6.07, 6.45) is 0. The Labute approximate surface area is 143 Å². The molecule has 3 rings (SSSR count). The Kier molecular flexibility index (Phi) is 5.15. The lowest BCUT2D eigenvalue weighted by Crippen LogP contribution is -1.90. The third kappa shape index (κ3) is 4.24. The normalized spacial score (nSPS) is 10.5. The van der Waals surface area contributed by atoms with Gasteiger partial charge in [-0.15, -0.1) is 10.2 Å². The summed E-state index contributed by atoms with van der Waals surface area (Å²) in [7, 11) is 1.66. The van der Waals surface area contributed by atoms with Crippen molar-refractivity contribution >= 4 is 33.9 Å². The van der Waals surface area contributed by atoms with Gasteiger partial charge in [-0.25, -0.2) is 0 Å². The molecule has 0 aliphatic rings. The Bertz CT molecular complexity index is 789. The number of aromatic nitrogens is 2. The Balaban J connectivity index is 1.63. The van der Waals surface area contributed by atoms with Gasteiger partial charge in [0.2, 0.25) is 5.13 Å². The van der Waals surface area contributed by atoms with Gasteiger partial charge in [0.25, 0.3) is 0 Å². The Morgan fingerprint density at radius 3 is 2.83 bits per heavy atom. The fourth-order valence-corrected chi connectivity index (χ4v) is 3.90. The summed E-state index contributed by atoms with van der Waals surface area (Å²) in [5, 5.41) is 12.5. The van der Waals surface area contributed by atoms with Crippen molar-refractivity contribution in [2.24, 2.45) is 0 Å². The molecule has 118 valence electrons. The average molecular weight is 343 g/mol. The third-order valence-electron chi connectivity index (χ3n) is 3.34. The van der Waals surface area contributed by atoms with E-state index in [1.165, 1.54) is 11.1 Å². The number of thioether (sulfide) groups is 1. The first-order chi connectivity index (χ1) is 11.2. The molecule has 1 N–H and O–H groups in total. The monoisotopic (exact) mass is 343 g/mol. The molecule has 0 amide bonds. The van der Waals surface area contributed by atoms with E-state index in [0.29, 0.717) is 0 Å². The molecule has 6 heteroatoms. The highest BCUT2D eigenvalue weighted by molar-refractivity contribution is 8.00. The summed E-state index contributed by atoms with van der Waals surface area (Å²) in [6, 6.07) is 16.2. The zero-order chi connectivity index (χ0) is 16.1. The molecule has 0 unspecified atom stereocenters. The summed E-state index contributed by atoms with van der Waals surface area (Å²) in [6.45, 7) is 2.13. The molecular formula is C17H17N3OS2. The van der Waals surface area contributed by atoms with Gasteiger partial charge in [-0.3, -0.25) is 0 Å². The molecule has 0 saturated heterocycles. The Hall–Kier alpha value is -2.05. The SMILES string of the molecule is COc1cccc(Nc2nnc(SCc3ccccc3C)s2)c1. The van der Waals surface area contributed by atoms with Crippen LogP contribution in [0, 0.1) is 6.92 Å². The van der Waals surface area contributed by atoms with Crippen LogP contribution in [0.15, 0.2) is 52.9 Å². The second-order valence-electron chi connectivity index (χ2n) is 4.95. The molecule has 3 aromatic rings. The van der Waals surface area contributed by atoms with E-state index >= 15 is 0 Å².